The summed E-state index contributed by atoms with van der Waals surface area (Å²) in [5.74, 6) is 0.899. The van der Waals surface area contributed by atoms with Gasteiger partial charge in [0, 0.05) is 5.75 Å². The molecular weight excluding hydrogens is 385 g/mol. The molecule has 3 N–H and O–H groups in total. The van der Waals surface area contributed by atoms with Crippen LogP contribution in [0.2, 0.25) is 0 Å². The van der Waals surface area contributed by atoms with Gasteiger partial charge in [-0.05, 0) is 77.4 Å². The number of nitrogens with one attached hydrogen (secondary N) is 3. The number of rotatable bonds is 13. The molecule has 2 atom stereocenters. The second kappa shape index (κ2) is 12.4. The first-order valence-electron chi connectivity index (χ1n) is 9.06. The van der Waals surface area contributed by atoms with E-state index in [9.17, 15) is 9.36 Å². The number of para-hydroxylation sites is 1. The Kier molecular flexibility index (Phi) is 11.0. The van der Waals surface area contributed by atoms with Gasteiger partial charge < -0.3 is 19.9 Å². The Morgan fingerprint density at radius 2 is 1.70 bits per heavy atom. The Bertz CT molecular complexity index is 598. The zero-order valence-corrected chi connectivity index (χ0v) is 18.4. The monoisotopic (exact) mass is 417 g/mol. The zero-order valence-electron chi connectivity index (χ0n) is 16.7. The number of hydrogen-bond acceptors (Lipinski definition) is 7. The standard InChI is InChI=1S/C18H32N3O4PS/c1-14(2)24-18(22)15(3)21-26(23,25-17-9-7-6-8-10-17)27-13-16(11-19-4)12-20-5/h6-10,14-16,19-20H,11-13H2,1-5H3,(H,21,23)/t15-,26-/m0/s1. The van der Waals surface area contributed by atoms with E-state index in [1.807, 2.05) is 32.3 Å². The van der Waals surface area contributed by atoms with Crippen molar-refractivity contribution in [2.45, 2.75) is 32.9 Å². The molecule has 0 radical (unpaired) electrons. The fourth-order valence-corrected chi connectivity index (χ4v) is 6.44. The van der Waals surface area contributed by atoms with Crippen LogP contribution in [-0.4, -0.2) is 51.1 Å². The summed E-state index contributed by atoms with van der Waals surface area (Å²) in [5.41, 5.74) is 0. The summed E-state index contributed by atoms with van der Waals surface area (Å²) in [6, 6.07) is 8.21. The van der Waals surface area contributed by atoms with E-state index in [2.05, 4.69) is 15.7 Å². The van der Waals surface area contributed by atoms with E-state index < -0.39 is 18.7 Å². The summed E-state index contributed by atoms with van der Waals surface area (Å²) in [6.07, 6.45) is -0.237. The molecule has 0 spiro atoms. The van der Waals surface area contributed by atoms with Gasteiger partial charge in [-0.3, -0.25) is 4.79 Å². The van der Waals surface area contributed by atoms with Crippen LogP contribution in [0.15, 0.2) is 30.3 Å². The minimum Gasteiger partial charge on any atom is -0.462 e. The van der Waals surface area contributed by atoms with Crippen LogP contribution < -0.4 is 20.2 Å². The zero-order chi connectivity index (χ0) is 20.3. The first-order valence-corrected chi connectivity index (χ1v) is 12.3. The molecule has 27 heavy (non-hydrogen) atoms. The Balaban J connectivity index is 2.87. The third kappa shape index (κ3) is 9.63. The lowest BCUT2D eigenvalue weighted by molar-refractivity contribution is -0.148. The van der Waals surface area contributed by atoms with Gasteiger partial charge in [0.2, 0.25) is 0 Å². The lowest BCUT2D eigenvalue weighted by Crippen LogP contribution is -2.35. The molecular formula is C18H32N3O4PS. The van der Waals surface area contributed by atoms with E-state index in [1.165, 1.54) is 11.4 Å². The number of hydrogen-bond donors (Lipinski definition) is 3. The average Bonchev–Trinajstić information content (AvgIpc) is 2.60. The topological polar surface area (TPSA) is 88.7 Å². The molecule has 154 valence electrons. The maximum Gasteiger partial charge on any atom is 0.375 e. The van der Waals surface area contributed by atoms with Crippen molar-refractivity contribution in [1.82, 2.24) is 15.7 Å². The predicted octanol–water partition coefficient (Wildman–Crippen LogP) is 2.89. The molecule has 0 aromatic heterocycles. The van der Waals surface area contributed by atoms with E-state index in [0.717, 1.165) is 13.1 Å². The van der Waals surface area contributed by atoms with Crippen LogP contribution in [0.5, 0.6) is 5.75 Å². The van der Waals surface area contributed by atoms with Gasteiger partial charge in [-0.25, -0.2) is 9.65 Å². The Morgan fingerprint density at radius 3 is 2.22 bits per heavy atom. The highest BCUT2D eigenvalue weighted by Crippen LogP contribution is 2.56. The number of carbonyl (C=O) groups is 1. The summed E-state index contributed by atoms with van der Waals surface area (Å²) < 4.78 is 24.5. The first kappa shape index (κ1) is 24.0. The minimum atomic E-state index is -3.39. The van der Waals surface area contributed by atoms with Crippen molar-refractivity contribution >= 4 is 24.1 Å². The molecule has 7 nitrogen and oxygen atoms in total. The molecule has 0 fully saturated rings. The van der Waals surface area contributed by atoms with Crippen LogP contribution in [0.1, 0.15) is 20.8 Å². The fourth-order valence-electron chi connectivity index (χ4n) is 2.31. The normalized spacial score (nSPS) is 14.8. The molecule has 9 heteroatoms. The lowest BCUT2D eigenvalue weighted by atomic mass is 10.2. The van der Waals surface area contributed by atoms with Crippen LogP contribution >= 0.6 is 18.1 Å². The molecule has 0 aliphatic carbocycles. The van der Waals surface area contributed by atoms with Gasteiger partial charge in [0.15, 0.2) is 0 Å². The molecule has 0 aliphatic rings. The van der Waals surface area contributed by atoms with Crippen LogP contribution in [-0.2, 0) is 14.1 Å². The third-order valence-electron chi connectivity index (χ3n) is 3.49. The lowest BCUT2D eigenvalue weighted by Gasteiger charge is -2.25. The second-order valence-electron chi connectivity index (χ2n) is 6.52. The van der Waals surface area contributed by atoms with Gasteiger partial charge in [-0.2, -0.15) is 0 Å². The van der Waals surface area contributed by atoms with Crippen molar-refractivity contribution in [3.05, 3.63) is 30.3 Å². The van der Waals surface area contributed by atoms with Gasteiger partial charge in [-0.1, -0.05) is 18.2 Å². The molecule has 1 rings (SSSR count). The number of esters is 1. The first-order chi connectivity index (χ1) is 12.8. The van der Waals surface area contributed by atoms with Gasteiger partial charge in [0.25, 0.3) is 0 Å². The molecule has 0 saturated heterocycles. The number of ether oxygens (including phenoxy) is 1. The predicted molar refractivity (Wildman–Crippen MR) is 112 cm³/mol. The molecule has 0 bridgehead atoms. The average molecular weight is 418 g/mol. The molecule has 0 aliphatic heterocycles. The van der Waals surface area contributed by atoms with Gasteiger partial charge >= 0.3 is 12.7 Å². The summed E-state index contributed by atoms with van der Waals surface area (Å²) in [6.45, 7) is 3.36. The maximum absolute atomic E-state index is 13.5. The maximum atomic E-state index is 13.5. The molecule has 0 unspecified atom stereocenters. The largest absolute Gasteiger partial charge is 0.462 e. The molecule has 0 heterocycles. The highest BCUT2D eigenvalue weighted by Gasteiger charge is 2.32. The number of benzene rings is 1. The van der Waals surface area contributed by atoms with E-state index in [1.54, 1.807) is 32.9 Å². The summed E-state index contributed by atoms with van der Waals surface area (Å²) in [4.78, 5) is 12.1. The Labute approximate surface area is 166 Å². The van der Waals surface area contributed by atoms with Crippen LogP contribution in [0.4, 0.5) is 0 Å². The van der Waals surface area contributed by atoms with Crippen LogP contribution in [0.3, 0.4) is 0 Å². The SMILES string of the molecule is CNCC(CNC)CS[P@](=O)(N[C@@H](C)C(=O)OC(C)C)Oc1ccccc1. The third-order valence-corrected chi connectivity index (χ3v) is 7.61. The van der Waals surface area contributed by atoms with Crippen molar-refractivity contribution in [2.75, 3.05) is 32.9 Å². The molecule has 1 aromatic rings. The van der Waals surface area contributed by atoms with Crippen LogP contribution in [0, 0.1) is 5.92 Å². The van der Waals surface area contributed by atoms with Gasteiger partial charge in [0.1, 0.15) is 11.8 Å². The van der Waals surface area contributed by atoms with Crippen LogP contribution in [0.25, 0.3) is 0 Å². The van der Waals surface area contributed by atoms with Crippen molar-refractivity contribution in [3.63, 3.8) is 0 Å². The highest BCUT2D eigenvalue weighted by molar-refractivity contribution is 8.56. The van der Waals surface area contributed by atoms with E-state index in [0.29, 0.717) is 11.5 Å². The fraction of sp³-hybridized carbons (Fsp3) is 0.611. The molecule has 0 saturated carbocycles. The van der Waals surface area contributed by atoms with Crippen molar-refractivity contribution in [3.8, 4) is 5.75 Å². The molecule has 0 amide bonds. The second-order valence-corrected chi connectivity index (χ2v) is 10.8. The van der Waals surface area contributed by atoms with E-state index in [-0.39, 0.29) is 12.0 Å². The summed E-state index contributed by atoms with van der Waals surface area (Å²) in [5, 5.41) is 9.15. The highest BCUT2D eigenvalue weighted by atomic mass is 32.7. The Morgan fingerprint density at radius 1 is 1.11 bits per heavy atom. The van der Waals surface area contributed by atoms with Crippen molar-refractivity contribution in [1.29, 1.82) is 0 Å². The number of carbonyl (C=O) groups excluding carboxylic acids is 1. The Hall–Kier alpha value is -1.05. The summed E-state index contributed by atoms with van der Waals surface area (Å²) >= 11 is 1.21. The van der Waals surface area contributed by atoms with Crippen molar-refractivity contribution in [2.24, 2.45) is 5.92 Å². The van der Waals surface area contributed by atoms with Crippen molar-refractivity contribution < 1.29 is 18.6 Å². The van der Waals surface area contributed by atoms with Gasteiger partial charge in [-0.15, -0.1) is 0 Å². The van der Waals surface area contributed by atoms with E-state index in [4.69, 9.17) is 9.26 Å². The summed E-state index contributed by atoms with van der Waals surface area (Å²) in [7, 11) is 3.77. The minimum absolute atomic E-state index is 0.237. The molecule has 1 aromatic carbocycles. The van der Waals surface area contributed by atoms with Gasteiger partial charge in [0.05, 0.1) is 6.10 Å². The quantitative estimate of drug-likeness (QED) is 0.334. The van der Waals surface area contributed by atoms with E-state index >= 15 is 0 Å². The smallest absolute Gasteiger partial charge is 0.375 e.